The molecule has 3 heterocycles. The van der Waals surface area contributed by atoms with Crippen LogP contribution >= 0.6 is 34.5 Å². The van der Waals surface area contributed by atoms with Gasteiger partial charge in [-0.15, -0.1) is 11.3 Å². The number of hydrogen-bond acceptors (Lipinski definition) is 10. The second-order valence-corrected chi connectivity index (χ2v) is 14.9. The molecular weight excluding hydrogens is 703 g/mol. The van der Waals surface area contributed by atoms with Crippen LogP contribution in [0.15, 0.2) is 46.9 Å². The topological polar surface area (TPSA) is 122 Å². The highest BCUT2D eigenvalue weighted by atomic mass is 35.5. The summed E-state index contributed by atoms with van der Waals surface area (Å²) in [6.45, 7) is 0.388. The second-order valence-electron chi connectivity index (χ2n) is 11.1. The maximum Gasteiger partial charge on any atom is 0.387 e. The van der Waals surface area contributed by atoms with Gasteiger partial charge in [0.25, 0.3) is 0 Å². The SMILES string of the molecule is CN(CCN1CCOCC1)S(=O)(=O)c1ccsc1C(=O)O[C@@H](Cc1c(Cl)c[n+]([O-])cc1Cl)c1ccc(OC(F)F)c(OCC2CC2)c1. The van der Waals surface area contributed by atoms with Gasteiger partial charge >= 0.3 is 12.6 Å². The third-order valence-corrected chi connectivity index (χ3v) is 11.3. The molecule has 0 spiro atoms. The number of pyridine rings is 1. The number of esters is 1. The Labute approximate surface area is 285 Å². The van der Waals surface area contributed by atoms with Gasteiger partial charge in [-0.25, -0.2) is 13.2 Å². The fourth-order valence-electron chi connectivity index (χ4n) is 4.89. The molecule has 0 N–H and O–H groups in total. The van der Waals surface area contributed by atoms with E-state index < -0.39 is 28.7 Å². The highest BCUT2D eigenvalue weighted by molar-refractivity contribution is 7.89. The number of carbonyl (C=O) groups excluding carboxylic acids is 1. The zero-order valence-electron chi connectivity index (χ0n) is 25.3. The molecule has 1 atom stereocenters. The molecule has 0 unspecified atom stereocenters. The Hall–Kier alpha value is -2.79. The monoisotopic (exact) mass is 735 g/mol. The summed E-state index contributed by atoms with van der Waals surface area (Å²) >= 11 is 13.6. The third kappa shape index (κ3) is 9.22. The van der Waals surface area contributed by atoms with Gasteiger partial charge in [0.15, 0.2) is 23.9 Å². The normalized spacial score (nSPS) is 16.4. The first-order valence-electron chi connectivity index (χ1n) is 14.8. The first-order chi connectivity index (χ1) is 22.4. The Morgan fingerprint density at radius 3 is 2.53 bits per heavy atom. The first-order valence-corrected chi connectivity index (χ1v) is 17.8. The summed E-state index contributed by atoms with van der Waals surface area (Å²) in [6, 6.07) is 5.45. The summed E-state index contributed by atoms with van der Waals surface area (Å²) in [5.74, 6) is -0.844. The Balaban J connectivity index is 1.43. The summed E-state index contributed by atoms with van der Waals surface area (Å²) < 4.78 is 76.9. The Morgan fingerprint density at radius 2 is 1.87 bits per heavy atom. The smallest absolute Gasteiger partial charge is 0.387 e. The number of benzene rings is 1. The van der Waals surface area contributed by atoms with Crippen molar-refractivity contribution < 1.29 is 45.7 Å². The number of ether oxygens (including phenoxy) is 4. The minimum Gasteiger partial charge on any atom is -0.619 e. The largest absolute Gasteiger partial charge is 0.619 e. The quantitative estimate of drug-likeness (QED) is 0.118. The van der Waals surface area contributed by atoms with E-state index in [0.717, 1.165) is 36.6 Å². The second kappa shape index (κ2) is 15.6. The van der Waals surface area contributed by atoms with Crippen LogP contribution in [0.4, 0.5) is 8.78 Å². The van der Waals surface area contributed by atoms with E-state index >= 15 is 0 Å². The standard InChI is InChI=1S/C30H33Cl2F2N3O8S2/c1-35(7-8-36-9-11-42-12-10-36)47(40,41)27-6-13-46-28(27)29(38)44-25(15-21-22(31)16-37(39)17-23(21)32)20-4-5-24(45-30(33)34)26(14-20)43-18-19-2-3-19/h4-6,13-14,16-17,19,25,30H,2-3,7-12,15,18H2,1H3/t25-/m0/s1. The minimum atomic E-state index is -4.09. The Morgan fingerprint density at radius 1 is 1.17 bits per heavy atom. The van der Waals surface area contributed by atoms with Gasteiger partial charge in [0.05, 0.1) is 19.8 Å². The molecule has 47 heavy (non-hydrogen) atoms. The molecule has 1 saturated carbocycles. The first kappa shape index (κ1) is 35.5. The van der Waals surface area contributed by atoms with Gasteiger partial charge in [-0.1, -0.05) is 29.3 Å². The maximum absolute atomic E-state index is 13.7. The molecule has 2 aromatic heterocycles. The fraction of sp³-hybridized carbons (Fsp3) is 0.467. The van der Waals surface area contributed by atoms with Crippen molar-refractivity contribution >= 4 is 50.5 Å². The molecule has 1 saturated heterocycles. The Kier molecular flexibility index (Phi) is 11.8. The van der Waals surface area contributed by atoms with Gasteiger partial charge in [0, 0.05) is 45.2 Å². The predicted octanol–water partition coefficient (Wildman–Crippen LogP) is 5.17. The molecule has 1 aliphatic heterocycles. The van der Waals surface area contributed by atoms with E-state index in [1.807, 2.05) is 0 Å². The number of rotatable bonds is 15. The molecule has 0 bridgehead atoms. The molecule has 1 aromatic carbocycles. The molecule has 11 nitrogen and oxygen atoms in total. The van der Waals surface area contributed by atoms with Crippen molar-refractivity contribution in [3.05, 3.63) is 73.3 Å². The number of likely N-dealkylation sites (N-methyl/N-ethyl adjacent to an activating group) is 1. The maximum atomic E-state index is 13.7. The predicted molar refractivity (Wildman–Crippen MR) is 170 cm³/mol. The van der Waals surface area contributed by atoms with Crippen molar-refractivity contribution in [2.24, 2.45) is 5.92 Å². The number of alkyl halides is 2. The molecule has 2 aliphatic rings. The summed E-state index contributed by atoms with van der Waals surface area (Å²) in [6.07, 6.45) is 2.76. The van der Waals surface area contributed by atoms with Gasteiger partial charge in [0.1, 0.15) is 25.9 Å². The van der Waals surface area contributed by atoms with E-state index in [2.05, 4.69) is 9.64 Å². The Bertz CT molecular complexity index is 1650. The number of morpholine rings is 1. The van der Waals surface area contributed by atoms with Crippen LogP contribution in [-0.2, 0) is 25.9 Å². The molecule has 2 fully saturated rings. The molecule has 0 radical (unpaired) electrons. The molecule has 256 valence electrons. The fourth-order valence-corrected chi connectivity index (χ4v) is 7.92. The number of sulfonamides is 1. The number of nitrogens with zero attached hydrogens (tertiary/aromatic N) is 3. The number of carbonyl (C=O) groups is 1. The molecule has 3 aromatic rings. The zero-order valence-corrected chi connectivity index (χ0v) is 28.4. The van der Waals surface area contributed by atoms with Gasteiger partial charge in [-0.2, -0.15) is 17.8 Å². The lowest BCUT2D eigenvalue weighted by atomic mass is 10.0. The third-order valence-electron chi connectivity index (χ3n) is 7.76. The average molecular weight is 737 g/mol. The van der Waals surface area contributed by atoms with Crippen molar-refractivity contribution in [1.29, 1.82) is 0 Å². The van der Waals surface area contributed by atoms with Crippen LogP contribution in [-0.4, -0.2) is 83.3 Å². The van der Waals surface area contributed by atoms with Crippen LogP contribution < -0.4 is 14.2 Å². The summed E-state index contributed by atoms with van der Waals surface area (Å²) in [5.41, 5.74) is 0.578. The summed E-state index contributed by atoms with van der Waals surface area (Å²) in [7, 11) is -2.64. The number of thiophene rings is 1. The van der Waals surface area contributed by atoms with Crippen LogP contribution in [0.3, 0.4) is 0 Å². The lowest BCUT2D eigenvalue weighted by Gasteiger charge is -2.28. The molecule has 1 aliphatic carbocycles. The number of halogens is 4. The highest BCUT2D eigenvalue weighted by Gasteiger charge is 2.32. The van der Waals surface area contributed by atoms with Crippen LogP contribution in [0.1, 0.15) is 39.7 Å². The van der Waals surface area contributed by atoms with Crippen molar-refractivity contribution in [2.75, 3.05) is 53.0 Å². The zero-order chi connectivity index (χ0) is 33.7. The van der Waals surface area contributed by atoms with Crippen LogP contribution in [0.25, 0.3) is 0 Å². The molecule has 0 amide bonds. The van der Waals surface area contributed by atoms with Crippen molar-refractivity contribution in [2.45, 2.75) is 36.9 Å². The van der Waals surface area contributed by atoms with Gasteiger partial charge in [-0.3, -0.25) is 4.90 Å². The van der Waals surface area contributed by atoms with E-state index in [1.165, 1.54) is 41.0 Å². The minimum absolute atomic E-state index is 0.00214. The van der Waals surface area contributed by atoms with Crippen molar-refractivity contribution in [3.63, 3.8) is 0 Å². The van der Waals surface area contributed by atoms with E-state index in [9.17, 15) is 27.2 Å². The highest BCUT2D eigenvalue weighted by Crippen LogP contribution is 2.38. The number of hydrogen-bond donors (Lipinski definition) is 0. The van der Waals surface area contributed by atoms with E-state index in [-0.39, 0.29) is 56.5 Å². The van der Waals surface area contributed by atoms with Gasteiger partial charge in [-0.05, 0) is 47.9 Å². The molecular formula is C30H33Cl2F2N3O8S2. The van der Waals surface area contributed by atoms with Crippen molar-refractivity contribution in [1.82, 2.24) is 9.21 Å². The lowest BCUT2D eigenvalue weighted by Crippen LogP contribution is -2.42. The summed E-state index contributed by atoms with van der Waals surface area (Å²) in [5, 5.41) is 13.4. The molecule has 5 rings (SSSR count). The van der Waals surface area contributed by atoms with E-state index in [1.54, 1.807) is 0 Å². The number of aromatic nitrogens is 1. The van der Waals surface area contributed by atoms with E-state index in [4.69, 9.17) is 37.4 Å². The average Bonchev–Trinajstić information content (AvgIpc) is 3.72. The van der Waals surface area contributed by atoms with Crippen LogP contribution in [0.5, 0.6) is 11.5 Å². The van der Waals surface area contributed by atoms with Crippen LogP contribution in [0, 0.1) is 11.1 Å². The van der Waals surface area contributed by atoms with Crippen molar-refractivity contribution in [3.8, 4) is 11.5 Å². The van der Waals surface area contributed by atoms with Crippen LogP contribution in [0.2, 0.25) is 10.0 Å². The summed E-state index contributed by atoms with van der Waals surface area (Å²) in [4.78, 5) is 15.5. The van der Waals surface area contributed by atoms with E-state index in [0.29, 0.717) is 49.1 Å². The molecule has 17 heteroatoms. The van der Waals surface area contributed by atoms with Gasteiger partial charge < -0.3 is 24.2 Å². The van der Waals surface area contributed by atoms with Gasteiger partial charge in [0.2, 0.25) is 10.0 Å². The lowest BCUT2D eigenvalue weighted by molar-refractivity contribution is -0.605.